The van der Waals surface area contributed by atoms with Gasteiger partial charge < -0.3 is 9.47 Å². The first kappa shape index (κ1) is 13.4. The Hall–Kier alpha value is -1.69. The van der Waals surface area contributed by atoms with Crippen LogP contribution in [0.15, 0.2) is 23.2 Å². The molecule has 0 radical (unpaired) electrons. The number of nitro groups is 1. The Labute approximate surface area is 104 Å². The van der Waals surface area contributed by atoms with E-state index in [2.05, 4.69) is 0 Å². The van der Waals surface area contributed by atoms with Crippen LogP contribution >= 0.6 is 11.8 Å². The summed E-state index contributed by atoms with van der Waals surface area (Å²) in [6.07, 6.45) is 4.17. The van der Waals surface area contributed by atoms with Gasteiger partial charge in [0.15, 0.2) is 0 Å². The van der Waals surface area contributed by atoms with Gasteiger partial charge in [-0.3, -0.25) is 10.1 Å². The van der Waals surface area contributed by atoms with Crippen molar-refractivity contribution >= 4 is 17.8 Å². The van der Waals surface area contributed by atoms with Crippen LogP contribution in [-0.2, 0) is 0 Å². The summed E-state index contributed by atoms with van der Waals surface area (Å²) in [5.41, 5.74) is 0.610. The maximum atomic E-state index is 10.3. The molecule has 0 aliphatic heterocycles. The summed E-state index contributed by atoms with van der Waals surface area (Å²) in [5, 5.41) is 10.3. The van der Waals surface area contributed by atoms with Crippen LogP contribution in [0.1, 0.15) is 5.56 Å². The lowest BCUT2D eigenvalue weighted by molar-refractivity contribution is -0.400. The number of methoxy groups -OCH3 is 2. The quantitative estimate of drug-likeness (QED) is 0.460. The Morgan fingerprint density at radius 1 is 1.29 bits per heavy atom. The van der Waals surface area contributed by atoms with Crippen molar-refractivity contribution in [2.75, 3.05) is 20.5 Å². The number of ether oxygens (including phenoxy) is 2. The summed E-state index contributed by atoms with van der Waals surface area (Å²) in [6, 6.07) is 3.51. The first-order chi connectivity index (χ1) is 8.12. The molecule has 0 aliphatic carbocycles. The molecule has 17 heavy (non-hydrogen) atoms. The number of hydrogen-bond acceptors (Lipinski definition) is 5. The molecule has 0 atom stereocenters. The Bertz CT molecular complexity index is 445. The van der Waals surface area contributed by atoms with Gasteiger partial charge >= 0.3 is 0 Å². The summed E-state index contributed by atoms with van der Waals surface area (Å²) >= 11 is 1.52. The molecular weight excluding hydrogens is 242 g/mol. The first-order valence-electron chi connectivity index (χ1n) is 4.74. The number of nitrogens with zero attached hydrogens (tertiary/aromatic N) is 1. The average molecular weight is 255 g/mol. The number of hydrogen-bond donors (Lipinski definition) is 0. The van der Waals surface area contributed by atoms with E-state index in [-0.39, 0.29) is 0 Å². The third-order valence-corrected chi connectivity index (χ3v) is 2.87. The van der Waals surface area contributed by atoms with Gasteiger partial charge in [-0.25, -0.2) is 0 Å². The molecule has 92 valence electrons. The predicted octanol–water partition coefficient (Wildman–Crippen LogP) is 2.67. The van der Waals surface area contributed by atoms with Crippen molar-refractivity contribution in [1.29, 1.82) is 0 Å². The molecule has 0 aromatic heterocycles. The molecule has 0 heterocycles. The zero-order chi connectivity index (χ0) is 12.8. The molecule has 1 aromatic carbocycles. The van der Waals surface area contributed by atoms with E-state index in [9.17, 15) is 10.1 Å². The average Bonchev–Trinajstić information content (AvgIpc) is 2.34. The fourth-order valence-electron chi connectivity index (χ4n) is 1.32. The second-order valence-corrected chi connectivity index (χ2v) is 3.90. The van der Waals surface area contributed by atoms with E-state index < -0.39 is 4.92 Å². The third kappa shape index (κ3) is 3.39. The highest BCUT2D eigenvalue weighted by Gasteiger charge is 2.09. The van der Waals surface area contributed by atoms with Gasteiger partial charge in [0.1, 0.15) is 11.5 Å². The van der Waals surface area contributed by atoms with Crippen molar-refractivity contribution in [3.05, 3.63) is 34.0 Å². The maximum Gasteiger partial charge on any atom is 0.235 e. The lowest BCUT2D eigenvalue weighted by Gasteiger charge is -2.11. The summed E-state index contributed by atoms with van der Waals surface area (Å²) in [6.45, 7) is 0. The molecule has 0 saturated heterocycles. The van der Waals surface area contributed by atoms with Crippen molar-refractivity contribution in [3.8, 4) is 11.5 Å². The molecule has 0 bridgehead atoms. The minimum absolute atomic E-state index is 0.519. The summed E-state index contributed by atoms with van der Waals surface area (Å²) < 4.78 is 10.4. The molecular formula is C11H13NO4S. The van der Waals surface area contributed by atoms with E-state index in [0.29, 0.717) is 17.1 Å². The highest BCUT2D eigenvalue weighted by Crippen LogP contribution is 2.35. The molecule has 0 spiro atoms. The molecule has 1 aromatic rings. The second kappa shape index (κ2) is 6.15. The second-order valence-electron chi connectivity index (χ2n) is 3.05. The lowest BCUT2D eigenvalue weighted by atomic mass is 10.2. The largest absolute Gasteiger partial charge is 0.496 e. The molecule has 0 fully saturated rings. The van der Waals surface area contributed by atoms with Crippen molar-refractivity contribution < 1.29 is 14.4 Å². The lowest BCUT2D eigenvalue weighted by Crippen LogP contribution is -1.93. The van der Waals surface area contributed by atoms with Crippen LogP contribution in [0.25, 0.3) is 6.08 Å². The van der Waals surface area contributed by atoms with E-state index in [4.69, 9.17) is 9.47 Å². The fourth-order valence-corrected chi connectivity index (χ4v) is 1.89. The van der Waals surface area contributed by atoms with Gasteiger partial charge in [-0.1, -0.05) is 0 Å². The molecule has 0 amide bonds. The summed E-state index contributed by atoms with van der Waals surface area (Å²) in [4.78, 5) is 10.7. The van der Waals surface area contributed by atoms with E-state index in [1.54, 1.807) is 19.2 Å². The summed E-state index contributed by atoms with van der Waals surface area (Å²) in [5.74, 6) is 1.24. The molecule has 0 saturated carbocycles. The van der Waals surface area contributed by atoms with Gasteiger partial charge in [-0.15, -0.1) is 11.8 Å². The number of benzene rings is 1. The Morgan fingerprint density at radius 2 is 1.94 bits per heavy atom. The van der Waals surface area contributed by atoms with Crippen molar-refractivity contribution in [2.45, 2.75) is 4.90 Å². The van der Waals surface area contributed by atoms with Gasteiger partial charge in [0, 0.05) is 11.6 Å². The zero-order valence-electron chi connectivity index (χ0n) is 9.80. The monoisotopic (exact) mass is 255 g/mol. The maximum absolute atomic E-state index is 10.3. The van der Waals surface area contributed by atoms with Crippen LogP contribution in [0.3, 0.4) is 0 Å². The van der Waals surface area contributed by atoms with E-state index in [1.807, 2.05) is 6.26 Å². The van der Waals surface area contributed by atoms with Crippen LogP contribution in [0.2, 0.25) is 0 Å². The third-order valence-electron chi connectivity index (χ3n) is 2.11. The fraction of sp³-hybridized carbons (Fsp3) is 0.273. The number of rotatable bonds is 5. The van der Waals surface area contributed by atoms with E-state index >= 15 is 0 Å². The van der Waals surface area contributed by atoms with Crippen LogP contribution in [0.5, 0.6) is 11.5 Å². The highest BCUT2D eigenvalue weighted by atomic mass is 32.2. The molecule has 6 heteroatoms. The van der Waals surface area contributed by atoms with Gasteiger partial charge in [0.2, 0.25) is 6.20 Å². The van der Waals surface area contributed by atoms with Gasteiger partial charge in [0.05, 0.1) is 24.0 Å². The van der Waals surface area contributed by atoms with Crippen molar-refractivity contribution in [3.63, 3.8) is 0 Å². The molecule has 0 aliphatic rings. The molecule has 0 unspecified atom stereocenters. The number of thioether (sulfide) groups is 1. The summed E-state index contributed by atoms with van der Waals surface area (Å²) in [7, 11) is 3.08. The van der Waals surface area contributed by atoms with Crippen molar-refractivity contribution in [1.82, 2.24) is 0 Å². The van der Waals surface area contributed by atoms with Gasteiger partial charge in [-0.2, -0.15) is 0 Å². The minimum atomic E-state index is -0.519. The van der Waals surface area contributed by atoms with E-state index in [0.717, 1.165) is 11.1 Å². The zero-order valence-corrected chi connectivity index (χ0v) is 10.6. The van der Waals surface area contributed by atoms with Gasteiger partial charge in [0.25, 0.3) is 0 Å². The smallest absolute Gasteiger partial charge is 0.235 e. The van der Waals surface area contributed by atoms with Crippen LogP contribution < -0.4 is 9.47 Å². The normalized spacial score (nSPS) is 10.5. The SMILES string of the molecule is COc1cc(SC)c(OC)cc1/C=C/[N+](=O)[O-]. The Balaban J connectivity index is 3.23. The van der Waals surface area contributed by atoms with Gasteiger partial charge in [-0.05, 0) is 18.4 Å². The van der Waals surface area contributed by atoms with E-state index in [1.165, 1.54) is 24.9 Å². The van der Waals surface area contributed by atoms with Crippen LogP contribution in [-0.4, -0.2) is 25.4 Å². The molecule has 5 nitrogen and oxygen atoms in total. The minimum Gasteiger partial charge on any atom is -0.496 e. The van der Waals surface area contributed by atoms with Crippen LogP contribution in [0.4, 0.5) is 0 Å². The first-order valence-corrected chi connectivity index (χ1v) is 5.96. The standard InChI is InChI=1S/C11H13NO4S/c1-15-9-7-11(17-3)10(16-2)6-8(9)4-5-12(13)14/h4-7H,1-3H3/b5-4+. The van der Waals surface area contributed by atoms with Crippen LogP contribution in [0, 0.1) is 10.1 Å². The Kier molecular flexibility index (Phi) is 4.84. The highest BCUT2D eigenvalue weighted by molar-refractivity contribution is 7.98. The predicted molar refractivity (Wildman–Crippen MR) is 67.4 cm³/mol. The topological polar surface area (TPSA) is 61.6 Å². The molecule has 0 N–H and O–H groups in total. The molecule has 1 rings (SSSR count). The van der Waals surface area contributed by atoms with Crippen molar-refractivity contribution in [2.24, 2.45) is 0 Å². The Morgan fingerprint density at radius 3 is 2.41 bits per heavy atom.